The molecule has 0 spiro atoms. The number of hydrogen-bond donors (Lipinski definition) is 2. The summed E-state index contributed by atoms with van der Waals surface area (Å²) in [4.78, 5) is 11.8. The topological polar surface area (TPSA) is 59.6 Å². The molecule has 0 fully saturated rings. The molecule has 1 aromatic rings. The Morgan fingerprint density at radius 1 is 1.42 bits per heavy atom. The molecule has 1 amide bonds. The number of benzene rings is 1. The molecule has 106 valence electrons. The Morgan fingerprint density at radius 3 is 2.79 bits per heavy atom. The maximum absolute atomic E-state index is 11.8. The van der Waals surface area contributed by atoms with Crippen LogP contribution in [0.25, 0.3) is 0 Å². The highest BCUT2D eigenvalue weighted by molar-refractivity contribution is 9.10. The van der Waals surface area contributed by atoms with E-state index in [0.717, 1.165) is 15.9 Å². The Kier molecular flexibility index (Phi) is 6.66. The van der Waals surface area contributed by atoms with E-state index >= 15 is 0 Å². The van der Waals surface area contributed by atoms with Crippen molar-refractivity contribution in [3.8, 4) is 5.75 Å². The molecule has 1 unspecified atom stereocenters. The van der Waals surface area contributed by atoms with E-state index in [-0.39, 0.29) is 11.9 Å². The molecule has 5 nitrogen and oxygen atoms in total. The van der Waals surface area contributed by atoms with E-state index in [1.807, 2.05) is 18.2 Å². The summed E-state index contributed by atoms with van der Waals surface area (Å²) in [5.74, 6) is 0.649. The lowest BCUT2D eigenvalue weighted by Gasteiger charge is -2.16. The van der Waals surface area contributed by atoms with Gasteiger partial charge in [0.25, 0.3) is 0 Å². The largest absolute Gasteiger partial charge is 0.495 e. The van der Waals surface area contributed by atoms with Crippen LogP contribution in [0.2, 0.25) is 0 Å². The van der Waals surface area contributed by atoms with E-state index in [4.69, 9.17) is 9.47 Å². The zero-order valence-electron chi connectivity index (χ0n) is 11.3. The van der Waals surface area contributed by atoms with Gasteiger partial charge in [0, 0.05) is 25.4 Å². The maximum Gasteiger partial charge on any atom is 0.242 e. The molecule has 0 radical (unpaired) electrons. The third-order valence-corrected chi connectivity index (χ3v) is 3.19. The van der Waals surface area contributed by atoms with Crippen molar-refractivity contribution in [2.75, 3.05) is 32.7 Å². The van der Waals surface area contributed by atoms with Crippen molar-refractivity contribution in [3.63, 3.8) is 0 Å². The number of ether oxygens (including phenoxy) is 2. The molecule has 0 saturated carbocycles. The van der Waals surface area contributed by atoms with Crippen LogP contribution in [0, 0.1) is 0 Å². The van der Waals surface area contributed by atoms with Gasteiger partial charge in [0.1, 0.15) is 11.8 Å². The summed E-state index contributed by atoms with van der Waals surface area (Å²) in [7, 11) is 3.20. The first-order valence-corrected chi connectivity index (χ1v) is 6.74. The third kappa shape index (κ3) is 5.08. The van der Waals surface area contributed by atoms with E-state index in [9.17, 15) is 4.79 Å². The minimum atomic E-state index is -0.331. The molecule has 0 aliphatic heterocycles. The normalized spacial score (nSPS) is 11.8. The predicted octanol–water partition coefficient (Wildman–Crippen LogP) is 2.02. The van der Waals surface area contributed by atoms with Crippen molar-refractivity contribution in [2.45, 2.75) is 13.0 Å². The molecule has 0 aliphatic rings. The summed E-state index contributed by atoms with van der Waals surface area (Å²) >= 11 is 3.38. The van der Waals surface area contributed by atoms with Crippen LogP contribution >= 0.6 is 15.9 Å². The number of carbonyl (C=O) groups is 1. The monoisotopic (exact) mass is 330 g/mol. The average molecular weight is 331 g/mol. The summed E-state index contributed by atoms with van der Waals surface area (Å²) in [6.45, 7) is 2.81. The smallest absolute Gasteiger partial charge is 0.242 e. The summed E-state index contributed by atoms with van der Waals surface area (Å²) in [5, 5.41) is 5.89. The Bertz CT molecular complexity index is 426. The van der Waals surface area contributed by atoms with Crippen molar-refractivity contribution in [2.24, 2.45) is 0 Å². The number of carbonyl (C=O) groups excluding carboxylic acids is 1. The number of methoxy groups -OCH3 is 2. The second-order valence-corrected chi connectivity index (χ2v) is 4.85. The Balaban J connectivity index is 2.56. The van der Waals surface area contributed by atoms with Crippen LogP contribution in [-0.4, -0.2) is 39.3 Å². The zero-order chi connectivity index (χ0) is 14.3. The zero-order valence-corrected chi connectivity index (χ0v) is 12.9. The molecule has 6 heteroatoms. The molecule has 1 rings (SSSR count). The fourth-order valence-corrected chi connectivity index (χ4v) is 1.90. The van der Waals surface area contributed by atoms with Gasteiger partial charge in [-0.05, 0) is 35.0 Å². The predicted molar refractivity (Wildman–Crippen MR) is 78.7 cm³/mol. The maximum atomic E-state index is 11.8. The number of anilines is 1. The van der Waals surface area contributed by atoms with Crippen molar-refractivity contribution >= 4 is 27.5 Å². The molecule has 0 saturated heterocycles. The van der Waals surface area contributed by atoms with Gasteiger partial charge >= 0.3 is 0 Å². The van der Waals surface area contributed by atoms with Gasteiger partial charge in [0.05, 0.1) is 18.2 Å². The highest BCUT2D eigenvalue weighted by Gasteiger charge is 2.12. The van der Waals surface area contributed by atoms with Gasteiger partial charge in [0.2, 0.25) is 5.91 Å². The van der Waals surface area contributed by atoms with Gasteiger partial charge in [-0.3, -0.25) is 4.79 Å². The molecule has 1 atom stereocenters. The van der Waals surface area contributed by atoms with Crippen LogP contribution in [0.15, 0.2) is 22.7 Å². The van der Waals surface area contributed by atoms with E-state index < -0.39 is 0 Å². The van der Waals surface area contributed by atoms with Gasteiger partial charge < -0.3 is 20.1 Å². The molecule has 1 aromatic carbocycles. The molecule has 2 N–H and O–H groups in total. The van der Waals surface area contributed by atoms with Crippen molar-refractivity contribution in [1.29, 1.82) is 0 Å². The summed E-state index contributed by atoms with van der Waals surface area (Å²) in [5.41, 5.74) is 0.828. The van der Waals surface area contributed by atoms with Crippen LogP contribution in [0.3, 0.4) is 0 Å². The fraction of sp³-hybridized carbons (Fsp3) is 0.462. The van der Waals surface area contributed by atoms with E-state index in [2.05, 4.69) is 26.6 Å². The molecular weight excluding hydrogens is 312 g/mol. The molecule has 0 aliphatic carbocycles. The molecule has 19 heavy (non-hydrogen) atoms. The van der Waals surface area contributed by atoms with Crippen LogP contribution < -0.4 is 15.4 Å². The minimum Gasteiger partial charge on any atom is -0.495 e. The average Bonchev–Trinajstić information content (AvgIpc) is 2.41. The minimum absolute atomic E-state index is 0.0704. The van der Waals surface area contributed by atoms with E-state index in [1.165, 1.54) is 0 Å². The lowest BCUT2D eigenvalue weighted by molar-refractivity contribution is -0.121. The second-order valence-electron chi connectivity index (χ2n) is 4.00. The van der Waals surface area contributed by atoms with Gasteiger partial charge in [0.15, 0.2) is 0 Å². The summed E-state index contributed by atoms with van der Waals surface area (Å²) in [6, 6.07) is 5.26. The van der Waals surface area contributed by atoms with Crippen molar-refractivity contribution in [3.05, 3.63) is 22.7 Å². The van der Waals surface area contributed by atoms with E-state index in [1.54, 1.807) is 21.1 Å². The van der Waals surface area contributed by atoms with Crippen molar-refractivity contribution < 1.29 is 14.3 Å². The van der Waals surface area contributed by atoms with Crippen LogP contribution in [0.5, 0.6) is 5.75 Å². The summed E-state index contributed by atoms with van der Waals surface area (Å²) in [6.07, 6.45) is 0. The SMILES string of the molecule is COCCNC(=O)C(C)Nc1ccc(Br)c(OC)c1. The lowest BCUT2D eigenvalue weighted by Crippen LogP contribution is -2.39. The first kappa shape index (κ1) is 15.8. The van der Waals surface area contributed by atoms with Gasteiger partial charge in [-0.2, -0.15) is 0 Å². The van der Waals surface area contributed by atoms with Crippen LogP contribution in [0.4, 0.5) is 5.69 Å². The fourth-order valence-electron chi connectivity index (χ4n) is 1.49. The highest BCUT2D eigenvalue weighted by Crippen LogP contribution is 2.28. The van der Waals surface area contributed by atoms with Crippen LogP contribution in [0.1, 0.15) is 6.92 Å². The second kappa shape index (κ2) is 8.01. The molecule has 0 aromatic heterocycles. The molecule has 0 heterocycles. The Labute approximate surface area is 121 Å². The van der Waals surface area contributed by atoms with Crippen molar-refractivity contribution in [1.82, 2.24) is 5.32 Å². The van der Waals surface area contributed by atoms with Gasteiger partial charge in [-0.1, -0.05) is 0 Å². The van der Waals surface area contributed by atoms with Gasteiger partial charge in [-0.15, -0.1) is 0 Å². The number of hydrogen-bond acceptors (Lipinski definition) is 4. The van der Waals surface area contributed by atoms with Gasteiger partial charge in [-0.25, -0.2) is 0 Å². The number of rotatable bonds is 7. The molecular formula is C13H19BrN2O3. The number of halogens is 1. The Hall–Kier alpha value is -1.27. The first-order chi connectivity index (χ1) is 9.08. The number of amides is 1. The lowest BCUT2D eigenvalue weighted by atomic mass is 10.2. The quantitative estimate of drug-likeness (QED) is 0.751. The standard InChI is InChI=1S/C13H19BrN2O3/c1-9(13(17)15-6-7-18-2)16-10-4-5-11(14)12(8-10)19-3/h4-5,8-9,16H,6-7H2,1-3H3,(H,15,17). The summed E-state index contributed by atoms with van der Waals surface area (Å²) < 4.78 is 11.0. The first-order valence-electron chi connectivity index (χ1n) is 5.95. The Morgan fingerprint density at radius 2 is 2.16 bits per heavy atom. The van der Waals surface area contributed by atoms with E-state index in [0.29, 0.717) is 13.2 Å². The number of nitrogens with one attached hydrogen (secondary N) is 2. The van der Waals surface area contributed by atoms with Crippen LogP contribution in [-0.2, 0) is 9.53 Å². The third-order valence-electron chi connectivity index (χ3n) is 2.53. The highest BCUT2D eigenvalue weighted by atomic mass is 79.9. The molecule has 0 bridgehead atoms.